The van der Waals surface area contributed by atoms with Gasteiger partial charge in [-0.3, -0.25) is 9.69 Å². The van der Waals surface area contributed by atoms with Gasteiger partial charge in [-0.2, -0.15) is 0 Å². The highest BCUT2D eigenvalue weighted by Gasteiger charge is 2.59. The van der Waals surface area contributed by atoms with Gasteiger partial charge < -0.3 is 9.64 Å². The number of aryl methyl sites for hydroxylation is 1. The van der Waals surface area contributed by atoms with E-state index in [0.29, 0.717) is 26.1 Å². The van der Waals surface area contributed by atoms with E-state index in [1.165, 1.54) is 12.0 Å². The molecule has 2 aliphatic rings. The third kappa shape index (κ3) is 3.32. The van der Waals surface area contributed by atoms with Gasteiger partial charge >= 0.3 is 0 Å². The van der Waals surface area contributed by atoms with Crippen LogP contribution in [0.3, 0.4) is 0 Å². The smallest absolute Gasteiger partial charge is 0.258 e. The van der Waals surface area contributed by atoms with Crippen molar-refractivity contribution in [2.45, 2.75) is 32.2 Å². The number of aromatic nitrogens is 1. The highest BCUT2D eigenvalue weighted by Crippen LogP contribution is 2.49. The molecule has 134 valence electrons. The minimum absolute atomic E-state index is 0.0521. The maximum absolute atomic E-state index is 14.7. The molecule has 1 amide bonds. The van der Waals surface area contributed by atoms with Crippen LogP contribution in [0.2, 0.25) is 0 Å². The third-order valence-corrected chi connectivity index (χ3v) is 5.89. The Kier molecular flexibility index (Phi) is 4.90. The number of thiazole rings is 1. The predicted molar refractivity (Wildman–Crippen MR) is 87.2 cm³/mol. The van der Waals surface area contributed by atoms with Gasteiger partial charge in [0.15, 0.2) is 0 Å². The summed E-state index contributed by atoms with van der Waals surface area (Å²) in [6.07, 6.45) is 0.131. The number of rotatable bonds is 4. The van der Waals surface area contributed by atoms with Crippen molar-refractivity contribution in [2.24, 2.45) is 5.41 Å². The number of alkyl halides is 2. The molecule has 1 unspecified atom stereocenters. The first-order chi connectivity index (χ1) is 11.4. The van der Waals surface area contributed by atoms with Crippen molar-refractivity contribution < 1.29 is 18.3 Å². The first-order valence-corrected chi connectivity index (χ1v) is 9.01. The van der Waals surface area contributed by atoms with Crippen LogP contribution >= 0.6 is 11.3 Å². The summed E-state index contributed by atoms with van der Waals surface area (Å²) in [5.41, 5.74) is -0.222. The summed E-state index contributed by atoms with van der Waals surface area (Å²) in [5, 5.41) is 2.96. The van der Waals surface area contributed by atoms with Crippen molar-refractivity contribution in [1.82, 2.24) is 14.8 Å². The Balaban J connectivity index is 1.71. The van der Waals surface area contributed by atoms with Gasteiger partial charge in [-0.15, -0.1) is 11.3 Å². The van der Waals surface area contributed by atoms with E-state index in [1.807, 2.05) is 17.2 Å². The molecule has 0 aliphatic carbocycles. The fourth-order valence-corrected chi connectivity index (χ4v) is 4.36. The molecule has 0 bridgehead atoms. The topological polar surface area (TPSA) is 45.7 Å². The first-order valence-electron chi connectivity index (χ1n) is 8.13. The Morgan fingerprint density at radius 1 is 1.38 bits per heavy atom. The molecule has 5 nitrogen and oxygen atoms in total. The molecule has 1 aromatic heterocycles. The van der Waals surface area contributed by atoms with E-state index in [1.54, 1.807) is 11.3 Å². The predicted octanol–water partition coefficient (Wildman–Crippen LogP) is 2.16. The maximum atomic E-state index is 14.7. The first kappa shape index (κ1) is 17.7. The third-order valence-electron chi connectivity index (χ3n) is 5.07. The Bertz CT molecular complexity index is 610. The second kappa shape index (κ2) is 6.65. The van der Waals surface area contributed by atoms with Crippen LogP contribution in [0.5, 0.6) is 0 Å². The zero-order valence-corrected chi connectivity index (χ0v) is 14.9. The molecule has 24 heavy (non-hydrogen) atoms. The molecule has 0 radical (unpaired) electrons. The van der Waals surface area contributed by atoms with Crippen molar-refractivity contribution in [3.63, 3.8) is 0 Å². The van der Waals surface area contributed by atoms with Crippen molar-refractivity contribution in [1.29, 1.82) is 0 Å². The molecule has 1 spiro atoms. The quantitative estimate of drug-likeness (QED) is 0.827. The Morgan fingerprint density at radius 2 is 2.17 bits per heavy atom. The number of carbonyl (C=O) groups excluding carboxylic acids is 1. The van der Waals surface area contributed by atoms with Crippen LogP contribution in [0, 0.1) is 12.3 Å². The van der Waals surface area contributed by atoms with Crippen molar-refractivity contribution in [3.05, 3.63) is 16.1 Å². The second-order valence-corrected chi connectivity index (χ2v) is 7.86. The molecule has 2 aliphatic heterocycles. The van der Waals surface area contributed by atoms with E-state index < -0.39 is 11.3 Å². The van der Waals surface area contributed by atoms with Gasteiger partial charge in [-0.05, 0) is 19.9 Å². The number of carbonyl (C=O) groups is 1. The standard InChI is InChI=1S/C16H23F2N3O2S/c1-12-19-13(9-24-12)7-20-5-3-15(10-20)11-21(14(22)8-23-2)6-4-16(15,17)18/h9H,3-8,10-11H2,1-2H3. The van der Waals surface area contributed by atoms with E-state index >= 15 is 0 Å². The SMILES string of the molecule is COCC(=O)N1CCC(F)(F)C2(CCN(Cc3csc(C)n3)C2)C1. The van der Waals surface area contributed by atoms with Crippen LogP contribution in [0.4, 0.5) is 8.78 Å². The second-order valence-electron chi connectivity index (χ2n) is 6.80. The maximum Gasteiger partial charge on any atom is 0.258 e. The van der Waals surface area contributed by atoms with Crippen molar-refractivity contribution in [3.8, 4) is 0 Å². The Morgan fingerprint density at radius 3 is 2.83 bits per heavy atom. The lowest BCUT2D eigenvalue weighted by Gasteiger charge is -2.46. The molecule has 3 heterocycles. The molecule has 2 fully saturated rings. The van der Waals surface area contributed by atoms with Gasteiger partial charge in [0.2, 0.25) is 5.91 Å². The molecule has 8 heteroatoms. The zero-order chi connectivity index (χ0) is 17.4. The van der Waals surface area contributed by atoms with Gasteiger partial charge in [0.25, 0.3) is 5.92 Å². The lowest BCUT2D eigenvalue weighted by atomic mass is 9.75. The van der Waals surface area contributed by atoms with Crippen LogP contribution in [0.15, 0.2) is 5.38 Å². The van der Waals surface area contributed by atoms with Gasteiger partial charge in [0.1, 0.15) is 6.61 Å². The number of methoxy groups -OCH3 is 1. The number of nitrogens with zero attached hydrogens (tertiary/aromatic N) is 3. The number of piperidine rings is 1. The summed E-state index contributed by atoms with van der Waals surface area (Å²) >= 11 is 1.57. The molecule has 0 N–H and O–H groups in total. The summed E-state index contributed by atoms with van der Waals surface area (Å²) in [5.74, 6) is -2.95. The molecule has 1 atom stereocenters. The number of amides is 1. The van der Waals surface area contributed by atoms with Crippen molar-refractivity contribution in [2.75, 3.05) is 39.9 Å². The van der Waals surface area contributed by atoms with E-state index in [9.17, 15) is 13.6 Å². The fraction of sp³-hybridized carbons (Fsp3) is 0.750. The average molecular weight is 359 g/mol. The van der Waals surface area contributed by atoms with E-state index in [2.05, 4.69) is 4.98 Å². The number of likely N-dealkylation sites (tertiary alicyclic amines) is 2. The summed E-state index contributed by atoms with van der Waals surface area (Å²) < 4.78 is 34.3. The van der Waals surface area contributed by atoms with Crippen LogP contribution in [0.25, 0.3) is 0 Å². The van der Waals surface area contributed by atoms with Gasteiger partial charge in [0, 0.05) is 45.1 Å². The monoisotopic (exact) mass is 359 g/mol. The molecule has 0 aromatic carbocycles. The van der Waals surface area contributed by atoms with E-state index in [-0.39, 0.29) is 32.0 Å². The normalized spacial score (nSPS) is 27.1. The number of hydrogen-bond acceptors (Lipinski definition) is 5. The zero-order valence-electron chi connectivity index (χ0n) is 14.1. The number of halogens is 2. The lowest BCUT2D eigenvalue weighted by Crippen LogP contribution is -2.58. The van der Waals surface area contributed by atoms with Crippen LogP contribution in [-0.2, 0) is 16.1 Å². The van der Waals surface area contributed by atoms with Gasteiger partial charge in [-0.25, -0.2) is 13.8 Å². The van der Waals surface area contributed by atoms with E-state index in [0.717, 1.165) is 10.7 Å². The summed E-state index contributed by atoms with van der Waals surface area (Å²) in [6.45, 7) is 3.59. The van der Waals surface area contributed by atoms with Gasteiger partial charge in [0.05, 0.1) is 16.1 Å². The average Bonchev–Trinajstić information content (AvgIpc) is 3.11. The number of ether oxygens (including phenoxy) is 1. The minimum atomic E-state index is -2.75. The molecule has 3 rings (SSSR count). The highest BCUT2D eigenvalue weighted by molar-refractivity contribution is 7.09. The Hall–Kier alpha value is -1.12. The minimum Gasteiger partial charge on any atom is -0.375 e. The molecular weight excluding hydrogens is 336 g/mol. The lowest BCUT2D eigenvalue weighted by molar-refractivity contribution is -0.173. The van der Waals surface area contributed by atoms with E-state index in [4.69, 9.17) is 4.74 Å². The van der Waals surface area contributed by atoms with Crippen molar-refractivity contribution >= 4 is 17.2 Å². The molecular formula is C16H23F2N3O2S. The molecule has 1 aromatic rings. The summed E-state index contributed by atoms with van der Waals surface area (Å²) in [7, 11) is 1.44. The highest BCUT2D eigenvalue weighted by atomic mass is 32.1. The molecule has 0 saturated carbocycles. The summed E-state index contributed by atoms with van der Waals surface area (Å²) in [6, 6.07) is 0. The van der Waals surface area contributed by atoms with Crippen LogP contribution in [-0.4, -0.2) is 66.5 Å². The largest absolute Gasteiger partial charge is 0.375 e. The van der Waals surface area contributed by atoms with Crippen LogP contribution < -0.4 is 0 Å². The number of hydrogen-bond donors (Lipinski definition) is 0. The van der Waals surface area contributed by atoms with Gasteiger partial charge in [-0.1, -0.05) is 0 Å². The fourth-order valence-electron chi connectivity index (χ4n) is 3.76. The summed E-state index contributed by atoms with van der Waals surface area (Å²) in [4.78, 5) is 20.1. The Labute approximate surface area is 144 Å². The molecule has 2 saturated heterocycles. The van der Waals surface area contributed by atoms with Crippen LogP contribution in [0.1, 0.15) is 23.5 Å².